The number of aromatic nitrogens is 2. The van der Waals surface area contributed by atoms with Gasteiger partial charge in [-0.3, -0.25) is 4.90 Å². The molecular weight excluding hydrogens is 274 g/mol. The Morgan fingerprint density at radius 1 is 1.36 bits per heavy atom. The number of rotatable bonds is 5. The lowest BCUT2D eigenvalue weighted by atomic mass is 10.1. The predicted octanol–water partition coefficient (Wildman–Crippen LogP) is 2.18. The topological polar surface area (TPSA) is 67.1 Å². The Labute approximate surface area is 131 Å². The highest BCUT2D eigenvalue weighted by Gasteiger charge is 2.18. The Bertz CT molecular complexity index is 627. The summed E-state index contributed by atoms with van der Waals surface area (Å²) in [5.74, 6) is 0.554. The number of piperazine rings is 1. The van der Waals surface area contributed by atoms with Gasteiger partial charge in [-0.25, -0.2) is 9.97 Å². The molecule has 1 aromatic heterocycles. The zero-order chi connectivity index (χ0) is 15.4. The zero-order valence-electron chi connectivity index (χ0n) is 13.3. The van der Waals surface area contributed by atoms with Crippen LogP contribution in [0, 0.1) is 0 Å². The predicted molar refractivity (Wildman–Crippen MR) is 90.5 cm³/mol. The molecule has 5 nitrogen and oxygen atoms in total. The molecule has 2 heterocycles. The van der Waals surface area contributed by atoms with Crippen molar-refractivity contribution in [3.63, 3.8) is 0 Å². The first-order valence-corrected chi connectivity index (χ1v) is 8.21. The van der Waals surface area contributed by atoms with Gasteiger partial charge in [0.05, 0.1) is 5.52 Å². The van der Waals surface area contributed by atoms with Gasteiger partial charge in [-0.1, -0.05) is 25.8 Å². The number of fused-ring (bicyclic) bond motifs is 1. The molecule has 0 amide bonds. The normalized spacial score (nSPS) is 19.6. The Kier molecular flexibility index (Phi) is 4.85. The van der Waals surface area contributed by atoms with Crippen LogP contribution in [0.15, 0.2) is 24.5 Å². The van der Waals surface area contributed by atoms with Crippen molar-refractivity contribution >= 4 is 16.7 Å². The molecule has 1 saturated heterocycles. The molecule has 0 saturated carbocycles. The van der Waals surface area contributed by atoms with Gasteiger partial charge < -0.3 is 11.1 Å². The van der Waals surface area contributed by atoms with Crippen LogP contribution in [0.4, 0.5) is 5.82 Å². The van der Waals surface area contributed by atoms with Gasteiger partial charge in [0, 0.05) is 37.6 Å². The molecule has 1 aromatic carbocycles. The van der Waals surface area contributed by atoms with Crippen LogP contribution in [0.5, 0.6) is 0 Å². The van der Waals surface area contributed by atoms with Crippen molar-refractivity contribution in [1.82, 2.24) is 20.2 Å². The first-order valence-electron chi connectivity index (χ1n) is 8.21. The lowest BCUT2D eigenvalue weighted by Crippen LogP contribution is -2.50. The molecule has 1 fully saturated rings. The number of nitrogens with two attached hydrogens (primary N) is 1. The van der Waals surface area contributed by atoms with Crippen molar-refractivity contribution in [2.45, 2.75) is 38.8 Å². The number of benzene rings is 1. The van der Waals surface area contributed by atoms with Gasteiger partial charge in [0.25, 0.3) is 0 Å². The number of hydrogen-bond acceptors (Lipinski definition) is 5. The summed E-state index contributed by atoms with van der Waals surface area (Å²) >= 11 is 0. The Morgan fingerprint density at radius 3 is 3.14 bits per heavy atom. The maximum Gasteiger partial charge on any atom is 0.134 e. The summed E-state index contributed by atoms with van der Waals surface area (Å²) in [5, 5.41) is 4.57. The number of unbranched alkanes of at least 4 members (excludes halogenated alkanes) is 1. The Balaban J connectivity index is 1.67. The number of nitrogens with one attached hydrogen (secondary N) is 1. The maximum atomic E-state index is 5.89. The third-order valence-electron chi connectivity index (χ3n) is 4.38. The number of nitrogen functional groups attached to an aromatic ring is 1. The maximum absolute atomic E-state index is 5.89. The van der Waals surface area contributed by atoms with Crippen molar-refractivity contribution in [3.8, 4) is 0 Å². The summed E-state index contributed by atoms with van der Waals surface area (Å²) in [5.41, 5.74) is 8.11. The van der Waals surface area contributed by atoms with Crippen molar-refractivity contribution in [2.24, 2.45) is 0 Å². The van der Waals surface area contributed by atoms with Crippen LogP contribution in [0.2, 0.25) is 0 Å². The molecule has 2 aromatic rings. The molecule has 1 unspecified atom stereocenters. The van der Waals surface area contributed by atoms with Crippen molar-refractivity contribution in [3.05, 3.63) is 30.1 Å². The highest BCUT2D eigenvalue weighted by atomic mass is 15.2. The van der Waals surface area contributed by atoms with E-state index in [2.05, 4.69) is 39.2 Å². The molecule has 1 aliphatic heterocycles. The molecule has 0 spiro atoms. The summed E-state index contributed by atoms with van der Waals surface area (Å²) < 4.78 is 0. The van der Waals surface area contributed by atoms with Gasteiger partial charge in [0.15, 0.2) is 0 Å². The van der Waals surface area contributed by atoms with Gasteiger partial charge in [-0.15, -0.1) is 0 Å². The molecule has 22 heavy (non-hydrogen) atoms. The van der Waals surface area contributed by atoms with E-state index >= 15 is 0 Å². The van der Waals surface area contributed by atoms with Gasteiger partial charge >= 0.3 is 0 Å². The van der Waals surface area contributed by atoms with E-state index in [1.54, 1.807) is 0 Å². The summed E-state index contributed by atoms with van der Waals surface area (Å²) in [4.78, 5) is 10.9. The smallest absolute Gasteiger partial charge is 0.134 e. The molecular formula is C17H25N5. The van der Waals surface area contributed by atoms with E-state index in [0.29, 0.717) is 11.9 Å². The van der Waals surface area contributed by atoms with Crippen molar-refractivity contribution < 1.29 is 0 Å². The van der Waals surface area contributed by atoms with Gasteiger partial charge in [-0.2, -0.15) is 0 Å². The van der Waals surface area contributed by atoms with Gasteiger partial charge in [-0.05, 0) is 24.1 Å². The average molecular weight is 299 g/mol. The first kappa shape index (κ1) is 15.2. The second kappa shape index (κ2) is 7.03. The summed E-state index contributed by atoms with van der Waals surface area (Å²) in [6, 6.07) is 6.95. The molecule has 118 valence electrons. The van der Waals surface area contributed by atoms with E-state index in [9.17, 15) is 0 Å². The lowest BCUT2D eigenvalue weighted by Gasteiger charge is -2.33. The average Bonchev–Trinajstić information content (AvgIpc) is 2.53. The van der Waals surface area contributed by atoms with Gasteiger partial charge in [0.2, 0.25) is 0 Å². The highest BCUT2D eigenvalue weighted by molar-refractivity contribution is 5.87. The van der Waals surface area contributed by atoms with E-state index in [-0.39, 0.29) is 0 Å². The van der Waals surface area contributed by atoms with Crippen LogP contribution in [0.1, 0.15) is 31.7 Å². The fourth-order valence-corrected chi connectivity index (χ4v) is 3.16. The molecule has 1 aliphatic rings. The highest BCUT2D eigenvalue weighted by Crippen LogP contribution is 2.19. The van der Waals surface area contributed by atoms with Crippen LogP contribution in [-0.4, -0.2) is 40.5 Å². The monoisotopic (exact) mass is 299 g/mol. The molecule has 3 rings (SSSR count). The van der Waals surface area contributed by atoms with E-state index in [1.807, 2.05) is 6.07 Å². The summed E-state index contributed by atoms with van der Waals surface area (Å²) in [6.45, 7) is 6.54. The first-order chi connectivity index (χ1) is 10.8. The number of anilines is 1. The summed E-state index contributed by atoms with van der Waals surface area (Å²) in [7, 11) is 0. The van der Waals surface area contributed by atoms with Crippen molar-refractivity contribution in [2.75, 3.05) is 25.4 Å². The third kappa shape index (κ3) is 3.54. The molecule has 0 aliphatic carbocycles. The van der Waals surface area contributed by atoms with E-state index < -0.39 is 0 Å². The van der Waals surface area contributed by atoms with Gasteiger partial charge in [0.1, 0.15) is 12.1 Å². The quantitative estimate of drug-likeness (QED) is 0.886. The standard InChI is InChI=1S/C17H25N5/c1-2-3-4-14-11-22(8-7-19-14)10-13-5-6-15-16(9-13)20-12-21-17(15)18/h5-6,9,12,14,19H,2-4,7-8,10-11H2,1H3,(H2,18,20,21). The Morgan fingerprint density at radius 2 is 2.27 bits per heavy atom. The molecule has 3 N–H and O–H groups in total. The van der Waals surface area contributed by atoms with E-state index in [4.69, 9.17) is 5.73 Å². The largest absolute Gasteiger partial charge is 0.383 e. The third-order valence-corrected chi connectivity index (χ3v) is 4.38. The lowest BCUT2D eigenvalue weighted by molar-refractivity contribution is 0.186. The molecule has 1 atom stereocenters. The van der Waals surface area contributed by atoms with Crippen LogP contribution in [0.3, 0.4) is 0 Å². The van der Waals surface area contributed by atoms with Crippen LogP contribution >= 0.6 is 0 Å². The number of hydrogen-bond donors (Lipinski definition) is 2. The summed E-state index contributed by atoms with van der Waals surface area (Å²) in [6.07, 6.45) is 5.38. The Hall–Kier alpha value is -1.72. The minimum absolute atomic E-state index is 0.554. The zero-order valence-corrected chi connectivity index (χ0v) is 13.3. The minimum atomic E-state index is 0.554. The van der Waals surface area contributed by atoms with Crippen LogP contribution < -0.4 is 11.1 Å². The SMILES string of the molecule is CCCCC1CN(Cc2ccc3c(N)ncnc3c2)CCN1. The minimum Gasteiger partial charge on any atom is -0.383 e. The van der Waals surface area contributed by atoms with Crippen LogP contribution in [0.25, 0.3) is 10.9 Å². The van der Waals surface area contributed by atoms with Crippen LogP contribution in [-0.2, 0) is 6.54 Å². The fraction of sp³-hybridized carbons (Fsp3) is 0.529. The fourth-order valence-electron chi connectivity index (χ4n) is 3.16. The molecule has 0 radical (unpaired) electrons. The number of nitrogens with zero attached hydrogens (tertiary/aromatic N) is 3. The molecule has 5 heteroatoms. The second-order valence-electron chi connectivity index (χ2n) is 6.14. The van der Waals surface area contributed by atoms with E-state index in [1.165, 1.54) is 31.2 Å². The van der Waals surface area contributed by atoms with E-state index in [0.717, 1.165) is 37.1 Å². The molecule has 0 bridgehead atoms. The van der Waals surface area contributed by atoms with Crippen molar-refractivity contribution in [1.29, 1.82) is 0 Å². The second-order valence-corrected chi connectivity index (χ2v) is 6.14.